The molecule has 0 atom stereocenters. The molecule has 0 aromatic carbocycles. The summed E-state index contributed by atoms with van der Waals surface area (Å²) in [5.41, 5.74) is -0.615. The van der Waals surface area contributed by atoms with Gasteiger partial charge in [-0.05, 0) is 46.1 Å². The Labute approximate surface area is 127 Å². The molecule has 1 aliphatic heterocycles. The van der Waals surface area contributed by atoms with Crippen molar-refractivity contribution in [2.45, 2.75) is 52.2 Å². The maximum Gasteiger partial charge on any atom is 0.412 e. The Morgan fingerprint density at radius 3 is 2.59 bits per heavy atom. The van der Waals surface area contributed by atoms with E-state index in [4.69, 9.17) is 4.74 Å². The molecule has 0 spiro atoms. The van der Waals surface area contributed by atoms with E-state index in [1.807, 2.05) is 0 Å². The van der Waals surface area contributed by atoms with E-state index in [-0.39, 0.29) is 11.3 Å². The van der Waals surface area contributed by atoms with Gasteiger partial charge in [0.05, 0.1) is 5.56 Å². The van der Waals surface area contributed by atoms with Crippen molar-refractivity contribution in [3.05, 3.63) is 27.7 Å². The highest BCUT2D eigenvalue weighted by Crippen LogP contribution is 2.20. The van der Waals surface area contributed by atoms with Crippen molar-refractivity contribution in [1.29, 1.82) is 0 Å². The molecule has 2 N–H and O–H groups in total. The zero-order valence-electron chi connectivity index (χ0n) is 12.9. The van der Waals surface area contributed by atoms with Crippen LogP contribution in [0, 0.1) is 0 Å². The third-order valence-electron chi connectivity index (χ3n) is 3.31. The number of nitrogens with zero attached hydrogens (tertiary/aromatic N) is 1. The zero-order chi connectivity index (χ0) is 16.5. The first kappa shape index (κ1) is 16.1. The number of amides is 1. The quantitative estimate of drug-likeness (QED) is 0.873. The molecule has 2 heterocycles. The van der Waals surface area contributed by atoms with Crippen molar-refractivity contribution in [3.8, 4) is 0 Å². The molecule has 0 saturated carbocycles. The molecular formula is C15H20N2O5. The van der Waals surface area contributed by atoms with E-state index in [2.05, 4.69) is 5.32 Å². The van der Waals surface area contributed by atoms with Crippen LogP contribution in [0.5, 0.6) is 0 Å². The standard InChI is InChI=1S/C15H20N2O5/c1-15(2,3)22-14(21)16-10-8-9(13(19)20)11-6-4-5-7-17(11)12(10)18/h8H,4-7H2,1-3H3,(H,16,21)(H,19,20). The predicted molar refractivity (Wildman–Crippen MR) is 80.5 cm³/mol. The number of aromatic carboxylic acids is 1. The predicted octanol–water partition coefficient (Wildman–Crippen LogP) is 2.23. The van der Waals surface area contributed by atoms with E-state index in [9.17, 15) is 19.5 Å². The minimum Gasteiger partial charge on any atom is -0.478 e. The van der Waals surface area contributed by atoms with Crippen LogP contribution in [0.25, 0.3) is 0 Å². The number of fused-ring (bicyclic) bond motifs is 1. The highest BCUT2D eigenvalue weighted by atomic mass is 16.6. The Hall–Kier alpha value is -2.31. The number of carbonyl (C=O) groups is 2. The fourth-order valence-electron chi connectivity index (χ4n) is 2.46. The van der Waals surface area contributed by atoms with Gasteiger partial charge in [0.25, 0.3) is 5.56 Å². The highest BCUT2D eigenvalue weighted by Gasteiger charge is 2.23. The van der Waals surface area contributed by atoms with Crippen LogP contribution in [0.3, 0.4) is 0 Å². The Morgan fingerprint density at radius 1 is 1.32 bits per heavy atom. The monoisotopic (exact) mass is 308 g/mol. The summed E-state index contributed by atoms with van der Waals surface area (Å²) in [6, 6.07) is 1.21. The number of anilines is 1. The van der Waals surface area contributed by atoms with Crippen LogP contribution in [-0.2, 0) is 17.7 Å². The Morgan fingerprint density at radius 2 is 2.00 bits per heavy atom. The Balaban J connectivity index is 2.40. The van der Waals surface area contributed by atoms with Crippen molar-refractivity contribution >= 4 is 17.7 Å². The number of rotatable bonds is 2. The SMILES string of the molecule is CC(C)(C)OC(=O)Nc1cc(C(=O)O)c2n(c1=O)CCCC2. The molecule has 2 rings (SSSR count). The first-order valence-electron chi connectivity index (χ1n) is 7.19. The lowest BCUT2D eigenvalue weighted by Crippen LogP contribution is -2.34. The van der Waals surface area contributed by atoms with Gasteiger partial charge in [0.15, 0.2) is 0 Å². The summed E-state index contributed by atoms with van der Waals surface area (Å²) >= 11 is 0. The molecule has 22 heavy (non-hydrogen) atoms. The summed E-state index contributed by atoms with van der Waals surface area (Å²) < 4.78 is 6.53. The molecule has 1 aromatic heterocycles. The summed E-state index contributed by atoms with van der Waals surface area (Å²) in [6.07, 6.45) is 1.42. The van der Waals surface area contributed by atoms with Gasteiger partial charge in [0, 0.05) is 12.2 Å². The molecule has 0 unspecified atom stereocenters. The summed E-state index contributed by atoms with van der Waals surface area (Å²) in [5.74, 6) is -1.11. The van der Waals surface area contributed by atoms with Gasteiger partial charge >= 0.3 is 12.1 Å². The zero-order valence-corrected chi connectivity index (χ0v) is 12.9. The van der Waals surface area contributed by atoms with Gasteiger partial charge in [-0.2, -0.15) is 0 Å². The third-order valence-corrected chi connectivity index (χ3v) is 3.31. The van der Waals surface area contributed by atoms with Crippen molar-refractivity contribution in [2.75, 3.05) is 5.32 Å². The molecule has 0 radical (unpaired) electrons. The largest absolute Gasteiger partial charge is 0.478 e. The van der Waals surface area contributed by atoms with Crippen LogP contribution < -0.4 is 10.9 Å². The number of nitrogens with one attached hydrogen (secondary N) is 1. The average molecular weight is 308 g/mol. The number of pyridine rings is 1. The van der Waals surface area contributed by atoms with E-state index < -0.39 is 23.2 Å². The highest BCUT2D eigenvalue weighted by molar-refractivity contribution is 5.92. The van der Waals surface area contributed by atoms with E-state index >= 15 is 0 Å². The van der Waals surface area contributed by atoms with Crippen LogP contribution in [0.4, 0.5) is 10.5 Å². The van der Waals surface area contributed by atoms with Crippen molar-refractivity contribution in [2.24, 2.45) is 0 Å². The number of carboxylic acids is 1. The van der Waals surface area contributed by atoms with Gasteiger partial charge in [0.2, 0.25) is 0 Å². The Bertz CT molecular complexity index is 670. The molecule has 0 bridgehead atoms. The second-order valence-corrected chi connectivity index (χ2v) is 6.26. The van der Waals surface area contributed by atoms with E-state index in [1.54, 1.807) is 20.8 Å². The number of carbonyl (C=O) groups excluding carboxylic acids is 1. The minimum absolute atomic E-state index is 0.0466. The number of hydrogen-bond acceptors (Lipinski definition) is 4. The van der Waals surface area contributed by atoms with Crippen molar-refractivity contribution < 1.29 is 19.4 Å². The first-order valence-corrected chi connectivity index (χ1v) is 7.19. The smallest absolute Gasteiger partial charge is 0.412 e. The molecule has 0 aliphatic carbocycles. The molecule has 120 valence electrons. The van der Waals surface area contributed by atoms with Gasteiger partial charge in [-0.15, -0.1) is 0 Å². The fourth-order valence-corrected chi connectivity index (χ4v) is 2.46. The first-order chi connectivity index (χ1) is 10.2. The molecule has 1 aliphatic rings. The van der Waals surface area contributed by atoms with E-state index in [1.165, 1.54) is 10.6 Å². The van der Waals surface area contributed by atoms with Crippen LogP contribution in [0.15, 0.2) is 10.9 Å². The molecule has 0 saturated heterocycles. The maximum absolute atomic E-state index is 12.4. The van der Waals surface area contributed by atoms with Gasteiger partial charge in [-0.25, -0.2) is 9.59 Å². The topological polar surface area (TPSA) is 97.6 Å². The summed E-state index contributed by atoms with van der Waals surface area (Å²) in [5, 5.41) is 11.7. The lowest BCUT2D eigenvalue weighted by molar-refractivity contribution is 0.0632. The van der Waals surface area contributed by atoms with Gasteiger partial charge < -0.3 is 14.4 Å². The fraction of sp³-hybridized carbons (Fsp3) is 0.533. The van der Waals surface area contributed by atoms with Crippen LogP contribution in [0.2, 0.25) is 0 Å². The molecule has 7 heteroatoms. The van der Waals surface area contributed by atoms with Gasteiger partial charge in [0.1, 0.15) is 11.3 Å². The number of aromatic nitrogens is 1. The third kappa shape index (κ3) is 3.47. The van der Waals surface area contributed by atoms with Crippen LogP contribution >= 0.6 is 0 Å². The number of hydrogen-bond donors (Lipinski definition) is 2. The van der Waals surface area contributed by atoms with Crippen molar-refractivity contribution in [3.63, 3.8) is 0 Å². The Kier molecular flexibility index (Phi) is 4.25. The van der Waals surface area contributed by atoms with Crippen molar-refractivity contribution in [1.82, 2.24) is 4.57 Å². The molecule has 0 fully saturated rings. The number of ether oxygens (including phenoxy) is 1. The normalized spacial score (nSPS) is 14.1. The lowest BCUT2D eigenvalue weighted by atomic mass is 10.0. The van der Waals surface area contributed by atoms with E-state index in [0.717, 1.165) is 12.8 Å². The summed E-state index contributed by atoms with van der Waals surface area (Å²) in [4.78, 5) is 35.6. The second kappa shape index (κ2) is 5.82. The van der Waals surface area contributed by atoms with E-state index in [0.29, 0.717) is 18.7 Å². The number of carboxylic acid groups (broad SMARTS) is 1. The molecule has 1 amide bonds. The summed E-state index contributed by atoms with van der Waals surface area (Å²) in [7, 11) is 0. The van der Waals surface area contributed by atoms with Crippen LogP contribution in [-0.4, -0.2) is 27.3 Å². The molecule has 7 nitrogen and oxygen atoms in total. The van der Waals surface area contributed by atoms with Gasteiger partial charge in [-0.1, -0.05) is 0 Å². The van der Waals surface area contributed by atoms with Gasteiger partial charge in [-0.3, -0.25) is 10.1 Å². The maximum atomic E-state index is 12.4. The molecular weight excluding hydrogens is 288 g/mol. The van der Waals surface area contributed by atoms with Crippen LogP contribution in [0.1, 0.15) is 49.7 Å². The summed E-state index contributed by atoms with van der Waals surface area (Å²) in [6.45, 7) is 5.57. The molecule has 1 aromatic rings. The lowest BCUT2D eigenvalue weighted by Gasteiger charge is -2.22. The minimum atomic E-state index is -1.11. The average Bonchev–Trinajstić information content (AvgIpc) is 2.39. The second-order valence-electron chi connectivity index (χ2n) is 6.26.